The molecule has 2 aromatic rings. The summed E-state index contributed by atoms with van der Waals surface area (Å²) in [6.07, 6.45) is 1.56. The van der Waals surface area contributed by atoms with Crippen LogP contribution >= 0.6 is 0 Å². The van der Waals surface area contributed by atoms with Crippen molar-refractivity contribution in [2.45, 2.75) is 6.04 Å². The summed E-state index contributed by atoms with van der Waals surface area (Å²) < 4.78 is 33.1. The Bertz CT molecular complexity index is 565. The van der Waals surface area contributed by atoms with E-state index in [0.717, 1.165) is 32.2 Å². The summed E-state index contributed by atoms with van der Waals surface area (Å²) in [7, 11) is 0. The molecule has 0 spiro atoms. The predicted molar refractivity (Wildman–Crippen MR) is 71.4 cm³/mol. The lowest BCUT2D eigenvalue weighted by molar-refractivity contribution is 0.176. The van der Waals surface area contributed by atoms with Crippen LogP contribution in [-0.2, 0) is 0 Å². The van der Waals surface area contributed by atoms with Gasteiger partial charge in [0.1, 0.15) is 5.76 Å². The SMILES string of the molecule is Fc1cccc([C@@H](c2ccco2)N2CCNCC2)c1F. The van der Waals surface area contributed by atoms with Crippen molar-refractivity contribution in [2.75, 3.05) is 26.2 Å². The molecule has 3 nitrogen and oxygen atoms in total. The molecule has 5 heteroatoms. The fourth-order valence-corrected chi connectivity index (χ4v) is 2.65. The summed E-state index contributed by atoms with van der Waals surface area (Å²) in [6.45, 7) is 3.19. The van der Waals surface area contributed by atoms with E-state index in [1.54, 1.807) is 24.5 Å². The number of rotatable bonds is 3. The minimum atomic E-state index is -0.825. The molecule has 0 radical (unpaired) electrons. The van der Waals surface area contributed by atoms with Crippen LogP contribution < -0.4 is 5.32 Å². The van der Waals surface area contributed by atoms with Gasteiger partial charge in [-0.2, -0.15) is 0 Å². The largest absolute Gasteiger partial charge is 0.467 e. The summed E-state index contributed by atoms with van der Waals surface area (Å²) >= 11 is 0. The van der Waals surface area contributed by atoms with Crippen LogP contribution in [0.5, 0.6) is 0 Å². The number of nitrogens with zero attached hydrogens (tertiary/aromatic N) is 1. The molecule has 1 atom stereocenters. The van der Waals surface area contributed by atoms with Crippen LogP contribution in [0.3, 0.4) is 0 Å². The van der Waals surface area contributed by atoms with Crippen molar-refractivity contribution >= 4 is 0 Å². The van der Waals surface area contributed by atoms with Gasteiger partial charge in [-0.3, -0.25) is 4.90 Å². The normalized spacial score (nSPS) is 18.1. The molecule has 0 amide bonds. The average molecular weight is 278 g/mol. The van der Waals surface area contributed by atoms with Crippen LogP contribution in [0.2, 0.25) is 0 Å². The van der Waals surface area contributed by atoms with Gasteiger partial charge >= 0.3 is 0 Å². The average Bonchev–Trinajstić information content (AvgIpc) is 2.99. The van der Waals surface area contributed by atoms with E-state index in [-0.39, 0.29) is 6.04 Å². The molecule has 1 aliphatic rings. The van der Waals surface area contributed by atoms with Gasteiger partial charge in [0.15, 0.2) is 11.6 Å². The molecule has 1 N–H and O–H groups in total. The van der Waals surface area contributed by atoms with Crippen LogP contribution in [0.4, 0.5) is 8.78 Å². The van der Waals surface area contributed by atoms with Crippen LogP contribution in [0.25, 0.3) is 0 Å². The molecule has 2 heterocycles. The molecule has 1 aliphatic heterocycles. The van der Waals surface area contributed by atoms with Gasteiger partial charge in [-0.05, 0) is 18.2 Å². The van der Waals surface area contributed by atoms with Gasteiger partial charge in [0, 0.05) is 31.7 Å². The monoisotopic (exact) mass is 278 g/mol. The van der Waals surface area contributed by atoms with E-state index in [1.807, 2.05) is 0 Å². The molecule has 1 aromatic heterocycles. The van der Waals surface area contributed by atoms with E-state index >= 15 is 0 Å². The second kappa shape index (κ2) is 5.73. The maximum absolute atomic E-state index is 14.1. The van der Waals surface area contributed by atoms with E-state index in [9.17, 15) is 8.78 Å². The zero-order valence-electron chi connectivity index (χ0n) is 11.0. The summed E-state index contributed by atoms with van der Waals surface area (Å²) in [5.41, 5.74) is 0.321. The second-order valence-corrected chi connectivity index (χ2v) is 4.85. The van der Waals surface area contributed by atoms with E-state index in [0.29, 0.717) is 11.3 Å². The summed E-state index contributed by atoms with van der Waals surface area (Å²) in [4.78, 5) is 2.10. The highest BCUT2D eigenvalue weighted by Gasteiger charge is 2.29. The van der Waals surface area contributed by atoms with Gasteiger partial charge in [-0.1, -0.05) is 12.1 Å². The van der Waals surface area contributed by atoms with Gasteiger partial charge < -0.3 is 9.73 Å². The molecular weight excluding hydrogens is 262 g/mol. The number of hydrogen-bond donors (Lipinski definition) is 1. The second-order valence-electron chi connectivity index (χ2n) is 4.85. The quantitative estimate of drug-likeness (QED) is 0.935. The molecule has 20 heavy (non-hydrogen) atoms. The first-order chi connectivity index (χ1) is 9.77. The summed E-state index contributed by atoms with van der Waals surface area (Å²) in [5, 5.41) is 3.25. The molecule has 0 aliphatic carbocycles. The summed E-state index contributed by atoms with van der Waals surface area (Å²) in [6, 6.07) is 7.47. The highest BCUT2D eigenvalue weighted by molar-refractivity contribution is 5.29. The molecule has 0 bridgehead atoms. The third-order valence-corrected chi connectivity index (χ3v) is 3.61. The molecule has 1 fully saturated rings. The third kappa shape index (κ3) is 2.46. The lowest BCUT2D eigenvalue weighted by Crippen LogP contribution is -2.45. The maximum atomic E-state index is 14.1. The van der Waals surface area contributed by atoms with E-state index < -0.39 is 11.6 Å². The van der Waals surface area contributed by atoms with Crippen molar-refractivity contribution < 1.29 is 13.2 Å². The zero-order valence-corrected chi connectivity index (χ0v) is 11.0. The Kier molecular flexibility index (Phi) is 3.80. The number of halogens is 2. The van der Waals surface area contributed by atoms with Crippen LogP contribution in [-0.4, -0.2) is 31.1 Å². The molecule has 0 saturated carbocycles. The van der Waals surface area contributed by atoms with Crippen LogP contribution in [0.1, 0.15) is 17.4 Å². The van der Waals surface area contributed by atoms with Crippen LogP contribution in [0.15, 0.2) is 41.0 Å². The lowest BCUT2D eigenvalue weighted by atomic mass is 10.0. The van der Waals surface area contributed by atoms with Gasteiger partial charge in [0.25, 0.3) is 0 Å². The fourth-order valence-electron chi connectivity index (χ4n) is 2.65. The molecule has 1 saturated heterocycles. The minimum Gasteiger partial charge on any atom is -0.467 e. The minimum absolute atomic E-state index is 0.321. The molecule has 106 valence electrons. The maximum Gasteiger partial charge on any atom is 0.164 e. The number of furan rings is 1. The van der Waals surface area contributed by atoms with Gasteiger partial charge in [0.05, 0.1) is 12.3 Å². The Morgan fingerprint density at radius 1 is 1.10 bits per heavy atom. The molecule has 3 rings (SSSR count). The third-order valence-electron chi connectivity index (χ3n) is 3.61. The summed E-state index contributed by atoms with van der Waals surface area (Å²) in [5.74, 6) is -0.988. The van der Waals surface area contributed by atoms with Crippen molar-refractivity contribution in [2.24, 2.45) is 0 Å². The van der Waals surface area contributed by atoms with Crippen molar-refractivity contribution in [3.8, 4) is 0 Å². The van der Waals surface area contributed by atoms with E-state index in [1.165, 1.54) is 6.07 Å². The molecule has 1 aromatic carbocycles. The first-order valence-electron chi connectivity index (χ1n) is 6.69. The van der Waals surface area contributed by atoms with Crippen molar-refractivity contribution in [3.05, 3.63) is 59.6 Å². The Labute approximate surface area is 116 Å². The van der Waals surface area contributed by atoms with Gasteiger partial charge in [0.2, 0.25) is 0 Å². The Balaban J connectivity index is 2.03. The number of piperazine rings is 1. The predicted octanol–water partition coefficient (Wildman–Crippen LogP) is 2.55. The fraction of sp³-hybridized carbons (Fsp3) is 0.333. The first-order valence-corrected chi connectivity index (χ1v) is 6.69. The van der Waals surface area contributed by atoms with Gasteiger partial charge in [-0.15, -0.1) is 0 Å². The molecule has 0 unspecified atom stereocenters. The first kappa shape index (κ1) is 13.3. The smallest absolute Gasteiger partial charge is 0.164 e. The Morgan fingerprint density at radius 3 is 2.60 bits per heavy atom. The highest BCUT2D eigenvalue weighted by atomic mass is 19.2. The Morgan fingerprint density at radius 2 is 1.90 bits per heavy atom. The highest BCUT2D eigenvalue weighted by Crippen LogP contribution is 2.31. The number of nitrogens with one attached hydrogen (secondary N) is 1. The lowest BCUT2D eigenvalue weighted by Gasteiger charge is -2.34. The van der Waals surface area contributed by atoms with Crippen molar-refractivity contribution in [3.63, 3.8) is 0 Å². The van der Waals surface area contributed by atoms with E-state index in [2.05, 4.69) is 10.2 Å². The van der Waals surface area contributed by atoms with Crippen LogP contribution in [0, 0.1) is 11.6 Å². The number of benzene rings is 1. The van der Waals surface area contributed by atoms with Gasteiger partial charge in [-0.25, -0.2) is 8.78 Å². The van der Waals surface area contributed by atoms with E-state index in [4.69, 9.17) is 4.42 Å². The molecular formula is C15H16F2N2O. The van der Waals surface area contributed by atoms with Crippen molar-refractivity contribution in [1.29, 1.82) is 0 Å². The number of hydrogen-bond acceptors (Lipinski definition) is 3. The topological polar surface area (TPSA) is 28.4 Å². The standard InChI is InChI=1S/C15H16F2N2O/c16-12-4-1-3-11(14(12)17)15(13-5-2-10-20-13)19-8-6-18-7-9-19/h1-5,10,15,18H,6-9H2/t15-/m0/s1. The van der Waals surface area contributed by atoms with Crippen molar-refractivity contribution in [1.82, 2.24) is 10.2 Å². The Hall–Kier alpha value is -1.72. The zero-order chi connectivity index (χ0) is 13.9.